The van der Waals surface area contributed by atoms with Crippen LogP contribution in [0.25, 0.3) is 11.1 Å². The fourth-order valence-corrected chi connectivity index (χ4v) is 2.16. The third-order valence-electron chi connectivity index (χ3n) is 3.26. The van der Waals surface area contributed by atoms with Gasteiger partial charge in [0.05, 0.1) is 0 Å². The molecule has 1 aliphatic carbocycles. The molecule has 0 bridgehead atoms. The Hall–Kier alpha value is -2.34. The van der Waals surface area contributed by atoms with Crippen molar-refractivity contribution in [1.29, 1.82) is 5.26 Å². The number of nitriles is 1. The molecule has 1 saturated carbocycles. The first kappa shape index (κ1) is 10.8. The highest BCUT2D eigenvalue weighted by molar-refractivity contribution is 5.69. The SMILES string of the molecule is N#Cc1c(-c2ccccc2)ccn(C2CC2)c1=O. The van der Waals surface area contributed by atoms with Crippen molar-refractivity contribution in [3.63, 3.8) is 0 Å². The van der Waals surface area contributed by atoms with Gasteiger partial charge in [0.25, 0.3) is 5.56 Å². The van der Waals surface area contributed by atoms with Crippen LogP contribution in [0.1, 0.15) is 24.4 Å². The van der Waals surface area contributed by atoms with Crippen LogP contribution in [0.4, 0.5) is 0 Å². The van der Waals surface area contributed by atoms with Crippen molar-refractivity contribution in [3.05, 3.63) is 58.5 Å². The summed E-state index contributed by atoms with van der Waals surface area (Å²) in [7, 11) is 0. The minimum Gasteiger partial charge on any atom is -0.311 e. The molecule has 3 heteroatoms. The van der Waals surface area contributed by atoms with E-state index < -0.39 is 0 Å². The molecule has 1 aromatic carbocycles. The molecule has 3 rings (SSSR count). The van der Waals surface area contributed by atoms with Gasteiger partial charge in [0.2, 0.25) is 0 Å². The van der Waals surface area contributed by atoms with Gasteiger partial charge in [-0.15, -0.1) is 0 Å². The largest absolute Gasteiger partial charge is 0.311 e. The van der Waals surface area contributed by atoms with E-state index in [0.717, 1.165) is 24.0 Å². The smallest absolute Gasteiger partial charge is 0.269 e. The summed E-state index contributed by atoms with van der Waals surface area (Å²) in [5.74, 6) is 0. The molecular formula is C15H12N2O. The normalized spacial score (nSPS) is 14.2. The highest BCUT2D eigenvalue weighted by atomic mass is 16.1. The quantitative estimate of drug-likeness (QED) is 0.804. The van der Waals surface area contributed by atoms with Crippen molar-refractivity contribution < 1.29 is 0 Å². The van der Waals surface area contributed by atoms with Crippen molar-refractivity contribution >= 4 is 0 Å². The van der Waals surface area contributed by atoms with Gasteiger partial charge >= 0.3 is 0 Å². The summed E-state index contributed by atoms with van der Waals surface area (Å²) in [5.41, 5.74) is 1.71. The van der Waals surface area contributed by atoms with Gasteiger partial charge < -0.3 is 4.57 Å². The first-order chi connectivity index (χ1) is 8.81. The average Bonchev–Trinajstić information content (AvgIpc) is 3.23. The second-order valence-electron chi connectivity index (χ2n) is 4.53. The fraction of sp³-hybridized carbons (Fsp3) is 0.200. The van der Waals surface area contributed by atoms with Crippen LogP contribution >= 0.6 is 0 Å². The van der Waals surface area contributed by atoms with Crippen LogP contribution < -0.4 is 5.56 Å². The van der Waals surface area contributed by atoms with Crippen molar-refractivity contribution in [1.82, 2.24) is 4.57 Å². The van der Waals surface area contributed by atoms with E-state index in [-0.39, 0.29) is 11.1 Å². The third kappa shape index (κ3) is 1.72. The van der Waals surface area contributed by atoms with Gasteiger partial charge in [-0.25, -0.2) is 0 Å². The fourth-order valence-electron chi connectivity index (χ4n) is 2.16. The zero-order chi connectivity index (χ0) is 12.5. The number of pyridine rings is 1. The summed E-state index contributed by atoms with van der Waals surface area (Å²) < 4.78 is 1.69. The minimum absolute atomic E-state index is 0.165. The molecule has 0 unspecified atom stereocenters. The van der Waals surface area contributed by atoms with E-state index in [1.165, 1.54) is 0 Å². The van der Waals surface area contributed by atoms with Crippen molar-refractivity contribution in [2.75, 3.05) is 0 Å². The Balaban J connectivity index is 2.20. The molecule has 2 aromatic rings. The maximum atomic E-state index is 12.2. The van der Waals surface area contributed by atoms with Gasteiger partial charge in [-0.1, -0.05) is 30.3 Å². The highest BCUT2D eigenvalue weighted by Gasteiger charge is 2.25. The Morgan fingerprint density at radius 1 is 1.17 bits per heavy atom. The first-order valence-corrected chi connectivity index (χ1v) is 6.02. The molecule has 0 spiro atoms. The highest BCUT2D eigenvalue weighted by Crippen LogP contribution is 2.34. The number of aromatic nitrogens is 1. The first-order valence-electron chi connectivity index (χ1n) is 6.02. The van der Waals surface area contributed by atoms with Gasteiger partial charge in [-0.05, 0) is 24.5 Å². The van der Waals surface area contributed by atoms with Crippen LogP contribution in [-0.4, -0.2) is 4.57 Å². The number of nitrogens with zero attached hydrogens (tertiary/aromatic N) is 2. The van der Waals surface area contributed by atoms with E-state index in [1.807, 2.05) is 42.6 Å². The number of benzene rings is 1. The Bertz CT molecular complexity index is 676. The lowest BCUT2D eigenvalue weighted by Crippen LogP contribution is -2.21. The van der Waals surface area contributed by atoms with Crippen LogP contribution in [0.2, 0.25) is 0 Å². The summed E-state index contributed by atoms with van der Waals surface area (Å²) >= 11 is 0. The van der Waals surface area contributed by atoms with Crippen LogP contribution in [0.5, 0.6) is 0 Å². The predicted octanol–water partition coefficient (Wildman–Crippen LogP) is 2.72. The van der Waals surface area contributed by atoms with Crippen molar-refractivity contribution in [2.45, 2.75) is 18.9 Å². The summed E-state index contributed by atoms with van der Waals surface area (Å²) in [4.78, 5) is 12.2. The number of hydrogen-bond donors (Lipinski definition) is 0. The average molecular weight is 236 g/mol. The maximum absolute atomic E-state index is 12.2. The van der Waals surface area contributed by atoms with Crippen LogP contribution in [0, 0.1) is 11.3 Å². The van der Waals surface area contributed by atoms with Crippen molar-refractivity contribution in [3.8, 4) is 17.2 Å². The van der Waals surface area contributed by atoms with Gasteiger partial charge in [0.15, 0.2) is 0 Å². The lowest BCUT2D eigenvalue weighted by Gasteiger charge is -2.08. The lowest BCUT2D eigenvalue weighted by atomic mass is 10.0. The maximum Gasteiger partial charge on any atom is 0.269 e. The molecule has 0 N–H and O–H groups in total. The summed E-state index contributed by atoms with van der Waals surface area (Å²) in [6.07, 6.45) is 3.88. The number of hydrogen-bond acceptors (Lipinski definition) is 2. The minimum atomic E-state index is -0.165. The van der Waals surface area contributed by atoms with Gasteiger partial charge in [0, 0.05) is 17.8 Å². The molecule has 18 heavy (non-hydrogen) atoms. The van der Waals surface area contributed by atoms with Crippen LogP contribution in [-0.2, 0) is 0 Å². The van der Waals surface area contributed by atoms with Gasteiger partial charge in [-0.3, -0.25) is 4.79 Å². The summed E-state index contributed by atoms with van der Waals surface area (Å²) in [6.45, 7) is 0. The molecule has 88 valence electrons. The third-order valence-corrected chi connectivity index (χ3v) is 3.26. The molecule has 1 aromatic heterocycles. The Kier molecular flexibility index (Phi) is 2.49. The van der Waals surface area contributed by atoms with E-state index in [0.29, 0.717) is 6.04 Å². The molecule has 0 amide bonds. The molecule has 1 aliphatic rings. The van der Waals surface area contributed by atoms with E-state index in [2.05, 4.69) is 6.07 Å². The topological polar surface area (TPSA) is 45.8 Å². The zero-order valence-corrected chi connectivity index (χ0v) is 9.84. The van der Waals surface area contributed by atoms with Crippen LogP contribution in [0.3, 0.4) is 0 Å². The van der Waals surface area contributed by atoms with Crippen molar-refractivity contribution in [2.24, 2.45) is 0 Å². The van der Waals surface area contributed by atoms with E-state index in [4.69, 9.17) is 0 Å². The second-order valence-corrected chi connectivity index (χ2v) is 4.53. The second kappa shape index (κ2) is 4.15. The lowest BCUT2D eigenvalue weighted by molar-refractivity contribution is 0.705. The van der Waals surface area contributed by atoms with E-state index in [9.17, 15) is 10.1 Å². The monoisotopic (exact) mass is 236 g/mol. The van der Waals surface area contributed by atoms with Crippen LogP contribution in [0.15, 0.2) is 47.4 Å². The number of rotatable bonds is 2. The van der Waals surface area contributed by atoms with Gasteiger partial charge in [-0.2, -0.15) is 5.26 Å². The molecule has 0 saturated heterocycles. The zero-order valence-electron chi connectivity index (χ0n) is 9.84. The molecule has 1 heterocycles. The van der Waals surface area contributed by atoms with E-state index in [1.54, 1.807) is 4.57 Å². The Labute approximate surface area is 105 Å². The van der Waals surface area contributed by atoms with E-state index >= 15 is 0 Å². The summed E-state index contributed by atoms with van der Waals surface area (Å²) in [5, 5.41) is 9.22. The summed E-state index contributed by atoms with van der Waals surface area (Å²) in [6, 6.07) is 13.8. The molecule has 1 fully saturated rings. The standard InChI is InChI=1S/C15H12N2O/c16-10-14-13(11-4-2-1-3-5-11)8-9-17(15(14)18)12-6-7-12/h1-5,8-9,12H,6-7H2. The Morgan fingerprint density at radius 3 is 2.50 bits per heavy atom. The molecule has 0 atom stereocenters. The predicted molar refractivity (Wildman–Crippen MR) is 69.1 cm³/mol. The molecule has 0 radical (unpaired) electrons. The molecule has 3 nitrogen and oxygen atoms in total. The molecular weight excluding hydrogens is 224 g/mol. The molecule has 0 aliphatic heterocycles. The van der Waals surface area contributed by atoms with Gasteiger partial charge in [0.1, 0.15) is 11.6 Å². The Morgan fingerprint density at radius 2 is 1.89 bits per heavy atom.